The molecule has 0 spiro atoms. The van der Waals surface area contributed by atoms with Gasteiger partial charge in [-0.2, -0.15) is 0 Å². The van der Waals surface area contributed by atoms with Crippen molar-refractivity contribution < 1.29 is 14.3 Å². The molecule has 0 aliphatic carbocycles. The molecule has 1 rings (SSSR count). The van der Waals surface area contributed by atoms with Gasteiger partial charge in [0.2, 0.25) is 0 Å². The van der Waals surface area contributed by atoms with Crippen LogP contribution in [0.4, 0.5) is 0 Å². The SMILES string of the molecule is CCCCCCC(CC)CCCCCCC(CC)(CC)C(CC)(CC)C(CC)(CC)C1CC(=O)OC1=O. The van der Waals surface area contributed by atoms with E-state index in [-0.39, 0.29) is 40.5 Å². The first kappa shape index (κ1) is 34.2. The van der Waals surface area contributed by atoms with Gasteiger partial charge in [0, 0.05) is 0 Å². The van der Waals surface area contributed by atoms with Crippen molar-refractivity contribution in [3.8, 4) is 0 Å². The Bertz CT molecular complexity index is 639. The van der Waals surface area contributed by atoms with Crippen molar-refractivity contribution >= 4 is 11.9 Å². The second-order valence-electron chi connectivity index (χ2n) is 12.3. The lowest BCUT2D eigenvalue weighted by Gasteiger charge is -2.62. The minimum atomic E-state index is -0.322. The Labute approximate surface area is 231 Å². The van der Waals surface area contributed by atoms with Gasteiger partial charge in [-0.1, -0.05) is 126 Å². The summed E-state index contributed by atoms with van der Waals surface area (Å²) in [4.78, 5) is 25.2. The fourth-order valence-electron chi connectivity index (χ4n) is 9.06. The van der Waals surface area contributed by atoms with Gasteiger partial charge in [-0.05, 0) is 67.1 Å². The van der Waals surface area contributed by atoms with E-state index in [4.69, 9.17) is 4.74 Å². The average molecular weight is 521 g/mol. The monoisotopic (exact) mass is 520 g/mol. The Kier molecular flexibility index (Phi) is 15.7. The van der Waals surface area contributed by atoms with E-state index in [2.05, 4.69) is 55.4 Å². The van der Waals surface area contributed by atoms with E-state index in [0.717, 1.165) is 44.4 Å². The van der Waals surface area contributed by atoms with E-state index < -0.39 is 0 Å². The summed E-state index contributed by atoms with van der Waals surface area (Å²) < 4.78 is 5.16. The highest BCUT2D eigenvalue weighted by Crippen LogP contribution is 2.67. The summed E-state index contributed by atoms with van der Waals surface area (Å²) in [7, 11) is 0. The Balaban J connectivity index is 2.96. The third-order valence-corrected chi connectivity index (χ3v) is 11.4. The molecular formula is C34H64O3. The van der Waals surface area contributed by atoms with Crippen LogP contribution < -0.4 is 0 Å². The molecule has 0 aromatic heterocycles. The molecule has 1 heterocycles. The first-order valence-electron chi connectivity index (χ1n) is 16.5. The van der Waals surface area contributed by atoms with Crippen LogP contribution in [0.1, 0.15) is 177 Å². The highest BCUT2D eigenvalue weighted by atomic mass is 16.6. The summed E-state index contributed by atoms with van der Waals surface area (Å²) in [6.07, 6.45) is 22.7. The first-order chi connectivity index (χ1) is 17.8. The Morgan fingerprint density at radius 2 is 1.24 bits per heavy atom. The smallest absolute Gasteiger partial charge is 0.317 e. The third-order valence-electron chi connectivity index (χ3n) is 11.4. The van der Waals surface area contributed by atoms with Gasteiger partial charge < -0.3 is 4.74 Å². The average Bonchev–Trinajstić information content (AvgIpc) is 3.26. The van der Waals surface area contributed by atoms with Crippen molar-refractivity contribution in [3.63, 3.8) is 0 Å². The highest BCUT2D eigenvalue weighted by Gasteiger charge is 2.63. The molecular weight excluding hydrogens is 456 g/mol. The molecule has 1 aliphatic rings. The van der Waals surface area contributed by atoms with Crippen LogP contribution in [0.5, 0.6) is 0 Å². The summed E-state index contributed by atoms with van der Waals surface area (Å²) >= 11 is 0. The van der Waals surface area contributed by atoms with Crippen molar-refractivity contribution in [2.45, 2.75) is 177 Å². The molecule has 218 valence electrons. The van der Waals surface area contributed by atoms with Crippen LogP contribution in [0.15, 0.2) is 0 Å². The van der Waals surface area contributed by atoms with E-state index in [0.29, 0.717) is 0 Å². The van der Waals surface area contributed by atoms with Gasteiger partial charge in [0.1, 0.15) is 0 Å². The van der Waals surface area contributed by atoms with Crippen LogP contribution in [0, 0.1) is 28.1 Å². The molecule has 37 heavy (non-hydrogen) atoms. The lowest BCUT2D eigenvalue weighted by Crippen LogP contribution is -2.56. The number of ether oxygens (including phenoxy) is 1. The molecule has 0 aromatic carbocycles. The molecule has 3 heteroatoms. The van der Waals surface area contributed by atoms with Crippen molar-refractivity contribution in [2.24, 2.45) is 28.1 Å². The minimum absolute atomic E-state index is 0.0209. The standard InChI is InChI=1S/C34H64O3/c1-9-17-18-21-24-28(10-2)25-22-19-20-23-26-32(11-3,12-4)34(15-7,16-8)33(13-5,14-6)29-27-30(35)37-31(29)36/h28-29H,9-27H2,1-8H3. The molecule has 1 saturated heterocycles. The number of hydrogen-bond acceptors (Lipinski definition) is 3. The number of cyclic esters (lactones) is 2. The van der Waals surface area contributed by atoms with Gasteiger partial charge in [-0.3, -0.25) is 9.59 Å². The van der Waals surface area contributed by atoms with Crippen LogP contribution in [0.25, 0.3) is 0 Å². The predicted molar refractivity (Wildman–Crippen MR) is 158 cm³/mol. The Morgan fingerprint density at radius 3 is 1.65 bits per heavy atom. The molecule has 1 fully saturated rings. The van der Waals surface area contributed by atoms with Crippen LogP contribution in [-0.4, -0.2) is 11.9 Å². The van der Waals surface area contributed by atoms with Crippen LogP contribution >= 0.6 is 0 Å². The maximum Gasteiger partial charge on any atom is 0.317 e. The summed E-state index contributed by atoms with van der Waals surface area (Å²) in [6.45, 7) is 18.6. The largest absolute Gasteiger partial charge is 0.393 e. The topological polar surface area (TPSA) is 43.4 Å². The molecule has 2 atom stereocenters. The molecule has 0 radical (unpaired) electrons. The molecule has 0 N–H and O–H groups in total. The maximum atomic E-state index is 13.0. The quantitative estimate of drug-likeness (QED) is 0.0809. The van der Waals surface area contributed by atoms with Gasteiger partial charge in [0.05, 0.1) is 12.3 Å². The fraction of sp³-hybridized carbons (Fsp3) is 0.941. The number of rotatable bonds is 22. The van der Waals surface area contributed by atoms with Gasteiger partial charge in [0.15, 0.2) is 0 Å². The lowest BCUT2D eigenvalue weighted by molar-refractivity contribution is -0.168. The van der Waals surface area contributed by atoms with Crippen LogP contribution in [-0.2, 0) is 14.3 Å². The molecule has 1 aliphatic heterocycles. The molecule has 0 aromatic rings. The zero-order valence-electron chi connectivity index (χ0n) is 26.3. The molecule has 0 saturated carbocycles. The summed E-state index contributed by atoms with van der Waals surface area (Å²) in [6, 6.07) is 0. The molecule has 3 nitrogen and oxygen atoms in total. The Morgan fingerprint density at radius 1 is 0.703 bits per heavy atom. The number of carbonyl (C=O) groups is 2. The van der Waals surface area contributed by atoms with Gasteiger partial charge in [0.25, 0.3) is 0 Å². The van der Waals surface area contributed by atoms with Gasteiger partial charge in [-0.25, -0.2) is 0 Å². The predicted octanol–water partition coefficient (Wildman–Crippen LogP) is 10.8. The minimum Gasteiger partial charge on any atom is -0.393 e. The van der Waals surface area contributed by atoms with E-state index in [1.54, 1.807) is 0 Å². The van der Waals surface area contributed by atoms with Crippen LogP contribution in [0.2, 0.25) is 0 Å². The van der Waals surface area contributed by atoms with E-state index in [9.17, 15) is 9.59 Å². The number of hydrogen-bond donors (Lipinski definition) is 0. The zero-order valence-corrected chi connectivity index (χ0v) is 26.3. The zero-order chi connectivity index (χ0) is 28.0. The van der Waals surface area contributed by atoms with Crippen molar-refractivity contribution in [2.75, 3.05) is 0 Å². The normalized spacial score (nSPS) is 17.9. The van der Waals surface area contributed by atoms with Crippen molar-refractivity contribution in [1.82, 2.24) is 0 Å². The lowest BCUT2D eigenvalue weighted by atomic mass is 9.41. The van der Waals surface area contributed by atoms with E-state index >= 15 is 0 Å². The summed E-state index contributed by atoms with van der Waals surface area (Å²) in [5.41, 5.74) is 0.00462. The first-order valence-corrected chi connectivity index (χ1v) is 16.5. The van der Waals surface area contributed by atoms with Crippen LogP contribution in [0.3, 0.4) is 0 Å². The van der Waals surface area contributed by atoms with Gasteiger partial charge in [-0.15, -0.1) is 0 Å². The van der Waals surface area contributed by atoms with E-state index in [1.165, 1.54) is 77.0 Å². The van der Waals surface area contributed by atoms with Gasteiger partial charge >= 0.3 is 11.9 Å². The van der Waals surface area contributed by atoms with Crippen molar-refractivity contribution in [3.05, 3.63) is 0 Å². The number of esters is 2. The second kappa shape index (κ2) is 17.0. The second-order valence-corrected chi connectivity index (χ2v) is 12.3. The van der Waals surface area contributed by atoms with Crippen molar-refractivity contribution in [1.29, 1.82) is 0 Å². The summed E-state index contributed by atoms with van der Waals surface area (Å²) in [5.74, 6) is 0.0346. The highest BCUT2D eigenvalue weighted by molar-refractivity contribution is 5.95. The number of unbranched alkanes of at least 4 members (excludes halogenated alkanes) is 6. The third kappa shape index (κ3) is 7.63. The van der Waals surface area contributed by atoms with E-state index in [1.807, 2.05) is 0 Å². The fourth-order valence-corrected chi connectivity index (χ4v) is 9.06. The Hall–Kier alpha value is -0.860. The molecule has 2 unspecified atom stereocenters. The number of carbonyl (C=O) groups excluding carboxylic acids is 2. The molecule has 0 bridgehead atoms. The maximum absolute atomic E-state index is 13.0. The summed E-state index contributed by atoms with van der Waals surface area (Å²) in [5, 5.41) is 0. The molecule has 0 amide bonds.